The van der Waals surface area contributed by atoms with Crippen LogP contribution in [0, 0.1) is 17.1 Å². The molecule has 1 aliphatic rings. The Kier molecular flexibility index (Phi) is 4.29. The summed E-state index contributed by atoms with van der Waals surface area (Å²) in [6, 6.07) is 7.16. The zero-order chi connectivity index (χ0) is 13.0. The minimum Gasteiger partial charge on any atom is -0.311 e. The molecule has 1 fully saturated rings. The molecule has 1 N–H and O–H groups in total. The third-order valence-corrected chi connectivity index (χ3v) is 3.53. The molecule has 0 radical (unpaired) electrons. The van der Waals surface area contributed by atoms with Gasteiger partial charge < -0.3 is 10.2 Å². The van der Waals surface area contributed by atoms with Gasteiger partial charge in [-0.15, -0.1) is 0 Å². The number of nitrogens with one attached hydrogen (secondary N) is 1. The van der Waals surface area contributed by atoms with Crippen LogP contribution in [0.25, 0.3) is 0 Å². The summed E-state index contributed by atoms with van der Waals surface area (Å²) in [6.07, 6.45) is 2.49. The predicted molar refractivity (Wildman–Crippen MR) is 68.5 cm³/mol. The van der Waals surface area contributed by atoms with Crippen molar-refractivity contribution >= 4 is 0 Å². The third kappa shape index (κ3) is 3.06. The lowest BCUT2D eigenvalue weighted by Gasteiger charge is -2.19. The molecule has 1 saturated heterocycles. The van der Waals surface area contributed by atoms with Crippen LogP contribution in [0.1, 0.15) is 24.0 Å². The standard InChI is InChI=1S/C14H18FN3/c1-18-6-2-3-13(18)10-17-9-11-4-5-14(15)12(7-11)8-16/h4-5,7,13,17H,2-3,6,9-10H2,1H3. The quantitative estimate of drug-likeness (QED) is 0.883. The third-order valence-electron chi connectivity index (χ3n) is 3.53. The summed E-state index contributed by atoms with van der Waals surface area (Å²) in [5.74, 6) is -0.447. The molecule has 18 heavy (non-hydrogen) atoms. The van der Waals surface area contributed by atoms with Crippen molar-refractivity contribution in [1.82, 2.24) is 10.2 Å². The second-order valence-electron chi connectivity index (χ2n) is 4.83. The highest BCUT2D eigenvalue weighted by atomic mass is 19.1. The Morgan fingerprint density at radius 1 is 1.56 bits per heavy atom. The van der Waals surface area contributed by atoms with Gasteiger partial charge in [-0.2, -0.15) is 5.26 Å². The van der Waals surface area contributed by atoms with Crippen molar-refractivity contribution in [3.05, 3.63) is 35.1 Å². The van der Waals surface area contributed by atoms with E-state index in [-0.39, 0.29) is 5.56 Å². The fourth-order valence-corrected chi connectivity index (χ4v) is 2.39. The van der Waals surface area contributed by atoms with Gasteiger partial charge in [0.15, 0.2) is 0 Å². The Morgan fingerprint density at radius 2 is 2.39 bits per heavy atom. The fraction of sp³-hybridized carbons (Fsp3) is 0.500. The van der Waals surface area contributed by atoms with Crippen LogP contribution in [-0.2, 0) is 6.54 Å². The van der Waals surface area contributed by atoms with E-state index < -0.39 is 5.82 Å². The van der Waals surface area contributed by atoms with E-state index in [2.05, 4.69) is 17.3 Å². The Hall–Kier alpha value is -1.44. The largest absolute Gasteiger partial charge is 0.311 e. The number of hydrogen-bond acceptors (Lipinski definition) is 3. The van der Waals surface area contributed by atoms with E-state index in [0.29, 0.717) is 12.6 Å². The van der Waals surface area contributed by atoms with Gasteiger partial charge in [-0.3, -0.25) is 0 Å². The maximum absolute atomic E-state index is 13.1. The molecule has 0 aromatic heterocycles. The number of hydrogen-bond donors (Lipinski definition) is 1. The molecule has 1 atom stereocenters. The van der Waals surface area contributed by atoms with Gasteiger partial charge in [0.05, 0.1) is 5.56 Å². The van der Waals surface area contributed by atoms with Crippen LogP contribution in [-0.4, -0.2) is 31.1 Å². The van der Waals surface area contributed by atoms with Gasteiger partial charge in [-0.05, 0) is 44.1 Å². The van der Waals surface area contributed by atoms with E-state index in [1.807, 2.05) is 6.07 Å². The minimum atomic E-state index is -0.447. The molecule has 0 amide bonds. The molecular weight excluding hydrogens is 229 g/mol. The van der Waals surface area contributed by atoms with Gasteiger partial charge in [0.25, 0.3) is 0 Å². The number of likely N-dealkylation sites (N-methyl/N-ethyl adjacent to an activating group) is 1. The van der Waals surface area contributed by atoms with E-state index in [9.17, 15) is 4.39 Å². The monoisotopic (exact) mass is 247 g/mol. The molecule has 0 bridgehead atoms. The molecule has 0 aliphatic carbocycles. The Morgan fingerprint density at radius 3 is 3.06 bits per heavy atom. The normalized spacial score (nSPS) is 19.9. The lowest BCUT2D eigenvalue weighted by atomic mass is 10.1. The average Bonchev–Trinajstić information content (AvgIpc) is 2.77. The molecule has 2 rings (SSSR count). The van der Waals surface area contributed by atoms with Gasteiger partial charge in [0.1, 0.15) is 11.9 Å². The SMILES string of the molecule is CN1CCCC1CNCc1ccc(F)c(C#N)c1. The maximum atomic E-state index is 13.1. The first-order chi connectivity index (χ1) is 8.70. The minimum absolute atomic E-state index is 0.118. The van der Waals surface area contributed by atoms with Crippen molar-refractivity contribution in [1.29, 1.82) is 5.26 Å². The summed E-state index contributed by atoms with van der Waals surface area (Å²) in [6.45, 7) is 2.79. The fourth-order valence-electron chi connectivity index (χ4n) is 2.39. The van der Waals surface area contributed by atoms with E-state index in [1.54, 1.807) is 12.1 Å². The van der Waals surface area contributed by atoms with E-state index in [0.717, 1.165) is 12.1 Å². The number of halogens is 1. The second kappa shape index (κ2) is 5.94. The molecule has 1 aliphatic heterocycles. The summed E-state index contributed by atoms with van der Waals surface area (Å²) in [5.41, 5.74) is 1.07. The first-order valence-electron chi connectivity index (χ1n) is 6.30. The number of nitriles is 1. The highest BCUT2D eigenvalue weighted by molar-refractivity contribution is 5.34. The highest BCUT2D eigenvalue weighted by Gasteiger charge is 2.19. The first-order valence-corrected chi connectivity index (χ1v) is 6.30. The number of likely N-dealkylation sites (tertiary alicyclic amines) is 1. The van der Waals surface area contributed by atoms with Crippen LogP contribution < -0.4 is 5.32 Å². The van der Waals surface area contributed by atoms with Crippen LogP contribution in [0.4, 0.5) is 4.39 Å². The topological polar surface area (TPSA) is 39.1 Å². The van der Waals surface area contributed by atoms with Crippen molar-refractivity contribution in [2.24, 2.45) is 0 Å². The molecule has 3 nitrogen and oxygen atoms in total. The van der Waals surface area contributed by atoms with Crippen LogP contribution >= 0.6 is 0 Å². The highest BCUT2D eigenvalue weighted by Crippen LogP contribution is 2.14. The number of benzene rings is 1. The Labute approximate surface area is 107 Å². The molecular formula is C14H18FN3. The van der Waals surface area contributed by atoms with Gasteiger partial charge in [0, 0.05) is 19.1 Å². The van der Waals surface area contributed by atoms with Crippen molar-refractivity contribution in [3.63, 3.8) is 0 Å². The number of nitrogens with zero attached hydrogens (tertiary/aromatic N) is 2. The van der Waals surface area contributed by atoms with E-state index in [1.165, 1.54) is 25.5 Å². The van der Waals surface area contributed by atoms with E-state index in [4.69, 9.17) is 5.26 Å². The van der Waals surface area contributed by atoms with Gasteiger partial charge in [-0.1, -0.05) is 6.07 Å². The van der Waals surface area contributed by atoms with Gasteiger partial charge >= 0.3 is 0 Å². The molecule has 1 unspecified atom stereocenters. The second-order valence-corrected chi connectivity index (χ2v) is 4.83. The van der Waals surface area contributed by atoms with Crippen molar-refractivity contribution < 1.29 is 4.39 Å². The zero-order valence-corrected chi connectivity index (χ0v) is 10.6. The van der Waals surface area contributed by atoms with Crippen molar-refractivity contribution in [2.45, 2.75) is 25.4 Å². The van der Waals surface area contributed by atoms with Crippen molar-refractivity contribution in [2.75, 3.05) is 20.1 Å². The maximum Gasteiger partial charge on any atom is 0.140 e. The number of rotatable bonds is 4. The van der Waals surface area contributed by atoms with Crippen LogP contribution in [0.2, 0.25) is 0 Å². The van der Waals surface area contributed by atoms with Crippen LogP contribution in [0.3, 0.4) is 0 Å². The lowest BCUT2D eigenvalue weighted by molar-refractivity contribution is 0.300. The summed E-state index contributed by atoms with van der Waals surface area (Å²) in [7, 11) is 2.14. The average molecular weight is 247 g/mol. The summed E-state index contributed by atoms with van der Waals surface area (Å²) >= 11 is 0. The van der Waals surface area contributed by atoms with E-state index >= 15 is 0 Å². The predicted octanol–water partition coefficient (Wildman–Crippen LogP) is 1.88. The molecule has 4 heteroatoms. The lowest BCUT2D eigenvalue weighted by Crippen LogP contribution is -2.35. The van der Waals surface area contributed by atoms with Crippen LogP contribution in [0.15, 0.2) is 18.2 Å². The summed E-state index contributed by atoms with van der Waals surface area (Å²) in [5, 5.41) is 12.1. The zero-order valence-electron chi connectivity index (χ0n) is 10.6. The van der Waals surface area contributed by atoms with Crippen molar-refractivity contribution in [3.8, 4) is 6.07 Å². The molecule has 0 spiro atoms. The van der Waals surface area contributed by atoms with Gasteiger partial charge in [0.2, 0.25) is 0 Å². The van der Waals surface area contributed by atoms with Crippen LogP contribution in [0.5, 0.6) is 0 Å². The Bertz CT molecular complexity index is 453. The molecule has 1 aromatic carbocycles. The molecule has 96 valence electrons. The van der Waals surface area contributed by atoms with Gasteiger partial charge in [-0.25, -0.2) is 4.39 Å². The smallest absolute Gasteiger partial charge is 0.140 e. The summed E-state index contributed by atoms with van der Waals surface area (Å²) in [4.78, 5) is 2.36. The Balaban J connectivity index is 1.85. The first kappa shape index (κ1) is 13.0. The molecule has 1 aromatic rings. The summed E-state index contributed by atoms with van der Waals surface area (Å²) < 4.78 is 13.1. The molecule has 0 saturated carbocycles. The molecule has 1 heterocycles.